The van der Waals surface area contributed by atoms with E-state index in [9.17, 15) is 22.8 Å². The molecule has 0 spiro atoms. The highest BCUT2D eigenvalue weighted by Gasteiger charge is 2.34. The Morgan fingerprint density at radius 3 is 2.50 bits per heavy atom. The minimum Gasteiger partial charge on any atom is -0.480 e. The molecule has 0 aliphatic heterocycles. The van der Waals surface area contributed by atoms with Gasteiger partial charge in [0.05, 0.1) is 0 Å². The molecule has 1 aromatic heterocycles. The van der Waals surface area contributed by atoms with E-state index in [-0.39, 0.29) is 6.42 Å². The van der Waals surface area contributed by atoms with E-state index in [2.05, 4.69) is 5.10 Å². The summed E-state index contributed by atoms with van der Waals surface area (Å²) in [6, 6.07) is -0.262. The summed E-state index contributed by atoms with van der Waals surface area (Å²) < 4.78 is 37.8. The summed E-state index contributed by atoms with van der Waals surface area (Å²) in [5.74, 6) is -1.80. The number of hydrogen-bond donors (Lipinski definition) is 1. The molecule has 1 unspecified atom stereocenters. The second-order valence-corrected chi connectivity index (χ2v) is 4.16. The average Bonchev–Trinajstić information content (AvgIpc) is 2.77. The minimum atomic E-state index is -4.58. The SMILES string of the molecule is CCC(C(=O)O)N(C)C(=O)Cn1ccc(C(F)(F)F)n1. The van der Waals surface area contributed by atoms with Crippen molar-refractivity contribution in [3.63, 3.8) is 0 Å². The van der Waals surface area contributed by atoms with Crippen LogP contribution >= 0.6 is 0 Å². The molecule has 0 aliphatic carbocycles. The van der Waals surface area contributed by atoms with Crippen LogP contribution in [-0.2, 0) is 22.3 Å². The molecule has 0 saturated heterocycles. The average molecular weight is 293 g/mol. The van der Waals surface area contributed by atoms with Crippen molar-refractivity contribution in [3.8, 4) is 0 Å². The molecule has 0 aliphatic rings. The van der Waals surface area contributed by atoms with Gasteiger partial charge in [-0.2, -0.15) is 18.3 Å². The molecule has 9 heteroatoms. The van der Waals surface area contributed by atoms with Crippen molar-refractivity contribution in [2.75, 3.05) is 7.05 Å². The molecule has 112 valence electrons. The van der Waals surface area contributed by atoms with Crippen LogP contribution in [0.15, 0.2) is 12.3 Å². The van der Waals surface area contributed by atoms with Crippen LogP contribution in [-0.4, -0.2) is 44.8 Å². The molecule has 1 amide bonds. The van der Waals surface area contributed by atoms with Gasteiger partial charge in [-0.05, 0) is 12.5 Å². The molecule has 0 fully saturated rings. The number of alkyl halides is 3. The van der Waals surface area contributed by atoms with Crippen LogP contribution in [0.2, 0.25) is 0 Å². The number of likely N-dealkylation sites (N-methyl/N-ethyl adjacent to an activating group) is 1. The summed E-state index contributed by atoms with van der Waals surface area (Å²) in [5.41, 5.74) is -1.10. The number of halogens is 3. The highest BCUT2D eigenvalue weighted by atomic mass is 19.4. The van der Waals surface area contributed by atoms with Crippen molar-refractivity contribution in [2.45, 2.75) is 32.1 Å². The Labute approximate surface area is 112 Å². The molecule has 1 atom stereocenters. The lowest BCUT2D eigenvalue weighted by atomic mass is 10.2. The predicted octanol–water partition coefficient (Wildman–Crippen LogP) is 1.22. The molecule has 0 radical (unpaired) electrons. The maximum Gasteiger partial charge on any atom is 0.435 e. The van der Waals surface area contributed by atoms with Gasteiger partial charge < -0.3 is 10.0 Å². The molecule has 20 heavy (non-hydrogen) atoms. The Hall–Kier alpha value is -2.06. The molecular formula is C11H14F3N3O3. The molecule has 6 nitrogen and oxygen atoms in total. The standard InChI is InChI=1S/C11H14F3N3O3/c1-3-7(10(19)20)16(2)9(18)6-17-5-4-8(15-17)11(12,13)14/h4-5,7H,3,6H2,1-2H3,(H,19,20). The van der Waals surface area contributed by atoms with Crippen molar-refractivity contribution >= 4 is 11.9 Å². The number of amides is 1. The van der Waals surface area contributed by atoms with Gasteiger partial charge in [-0.3, -0.25) is 9.48 Å². The van der Waals surface area contributed by atoms with Gasteiger partial charge in [-0.1, -0.05) is 6.92 Å². The van der Waals surface area contributed by atoms with Gasteiger partial charge in [0.2, 0.25) is 5.91 Å². The summed E-state index contributed by atoms with van der Waals surface area (Å²) >= 11 is 0. The van der Waals surface area contributed by atoms with Crippen LogP contribution in [0.4, 0.5) is 13.2 Å². The fraction of sp³-hybridized carbons (Fsp3) is 0.545. The van der Waals surface area contributed by atoms with Gasteiger partial charge >= 0.3 is 12.1 Å². The number of hydrogen-bond acceptors (Lipinski definition) is 3. The van der Waals surface area contributed by atoms with Crippen LogP contribution in [0.25, 0.3) is 0 Å². The van der Waals surface area contributed by atoms with E-state index >= 15 is 0 Å². The Morgan fingerprint density at radius 2 is 2.10 bits per heavy atom. The van der Waals surface area contributed by atoms with E-state index in [4.69, 9.17) is 5.11 Å². The number of carboxylic acids is 1. The van der Waals surface area contributed by atoms with E-state index < -0.39 is 36.3 Å². The maximum absolute atomic E-state index is 12.3. The zero-order chi connectivity index (χ0) is 15.5. The summed E-state index contributed by atoms with van der Waals surface area (Å²) in [7, 11) is 1.29. The second kappa shape index (κ2) is 5.93. The molecule has 1 rings (SSSR count). The number of nitrogens with zero attached hydrogens (tertiary/aromatic N) is 3. The maximum atomic E-state index is 12.3. The molecule has 0 saturated carbocycles. The number of carbonyl (C=O) groups is 2. The van der Waals surface area contributed by atoms with E-state index in [0.717, 1.165) is 21.8 Å². The Balaban J connectivity index is 2.76. The number of aliphatic carboxylic acids is 1. The fourth-order valence-corrected chi connectivity index (χ4v) is 1.64. The molecular weight excluding hydrogens is 279 g/mol. The third kappa shape index (κ3) is 3.72. The van der Waals surface area contributed by atoms with Crippen LogP contribution in [0.5, 0.6) is 0 Å². The lowest BCUT2D eigenvalue weighted by Gasteiger charge is -2.23. The van der Waals surface area contributed by atoms with Gasteiger partial charge in [0.1, 0.15) is 12.6 Å². The lowest BCUT2D eigenvalue weighted by Crippen LogP contribution is -2.43. The van der Waals surface area contributed by atoms with Gasteiger partial charge in [0.25, 0.3) is 0 Å². The number of carboxylic acid groups (broad SMARTS) is 1. The zero-order valence-corrected chi connectivity index (χ0v) is 10.9. The first-order chi connectivity index (χ1) is 9.16. The van der Waals surface area contributed by atoms with Crippen molar-refractivity contribution in [2.24, 2.45) is 0 Å². The summed E-state index contributed by atoms with van der Waals surface area (Å²) in [5, 5.41) is 12.1. The highest BCUT2D eigenvalue weighted by Crippen LogP contribution is 2.27. The van der Waals surface area contributed by atoms with Crippen molar-refractivity contribution in [1.29, 1.82) is 0 Å². The minimum absolute atomic E-state index is 0.199. The van der Waals surface area contributed by atoms with Crippen LogP contribution in [0.1, 0.15) is 19.0 Å². The van der Waals surface area contributed by atoms with E-state index in [1.165, 1.54) is 7.05 Å². The Morgan fingerprint density at radius 1 is 1.50 bits per heavy atom. The third-order valence-corrected chi connectivity index (χ3v) is 2.76. The van der Waals surface area contributed by atoms with Crippen LogP contribution < -0.4 is 0 Å². The lowest BCUT2D eigenvalue weighted by molar-refractivity contribution is -0.149. The van der Waals surface area contributed by atoms with Crippen LogP contribution in [0.3, 0.4) is 0 Å². The van der Waals surface area contributed by atoms with E-state index in [0.29, 0.717) is 0 Å². The second-order valence-electron chi connectivity index (χ2n) is 4.16. The highest BCUT2D eigenvalue weighted by molar-refractivity contribution is 5.83. The van der Waals surface area contributed by atoms with E-state index in [1.54, 1.807) is 6.92 Å². The third-order valence-electron chi connectivity index (χ3n) is 2.76. The quantitative estimate of drug-likeness (QED) is 0.885. The molecule has 1 aromatic rings. The Kier molecular flexibility index (Phi) is 4.74. The summed E-state index contributed by atoms with van der Waals surface area (Å²) in [6.07, 6.45) is -3.35. The predicted molar refractivity (Wildman–Crippen MR) is 61.7 cm³/mol. The molecule has 1 heterocycles. The molecule has 0 aromatic carbocycles. The topological polar surface area (TPSA) is 75.4 Å². The molecule has 0 bridgehead atoms. The summed E-state index contributed by atoms with van der Waals surface area (Å²) in [4.78, 5) is 23.7. The first kappa shape index (κ1) is 16.0. The number of rotatable bonds is 5. The number of carbonyl (C=O) groups excluding carboxylic acids is 1. The van der Waals surface area contributed by atoms with Gasteiger partial charge in [-0.25, -0.2) is 4.79 Å². The zero-order valence-electron chi connectivity index (χ0n) is 10.9. The van der Waals surface area contributed by atoms with Crippen LogP contribution in [0, 0.1) is 0 Å². The first-order valence-corrected chi connectivity index (χ1v) is 5.76. The fourth-order valence-electron chi connectivity index (χ4n) is 1.64. The molecule has 1 N–H and O–H groups in total. The smallest absolute Gasteiger partial charge is 0.435 e. The van der Waals surface area contributed by atoms with Crippen molar-refractivity contribution in [1.82, 2.24) is 14.7 Å². The monoisotopic (exact) mass is 293 g/mol. The van der Waals surface area contributed by atoms with Crippen molar-refractivity contribution < 1.29 is 27.9 Å². The van der Waals surface area contributed by atoms with E-state index in [1.807, 2.05) is 0 Å². The Bertz CT molecular complexity index is 499. The largest absolute Gasteiger partial charge is 0.480 e. The first-order valence-electron chi connectivity index (χ1n) is 5.76. The van der Waals surface area contributed by atoms with Crippen molar-refractivity contribution in [3.05, 3.63) is 18.0 Å². The summed E-state index contributed by atoms with van der Waals surface area (Å²) in [6.45, 7) is 1.15. The normalized spacial score (nSPS) is 13.1. The number of aromatic nitrogens is 2. The van der Waals surface area contributed by atoms with Gasteiger partial charge in [-0.15, -0.1) is 0 Å². The van der Waals surface area contributed by atoms with Gasteiger partial charge in [0.15, 0.2) is 5.69 Å². The van der Waals surface area contributed by atoms with Gasteiger partial charge in [0, 0.05) is 13.2 Å².